The second-order valence-electron chi connectivity index (χ2n) is 4.49. The maximum atomic E-state index is 11.3. The van der Waals surface area contributed by atoms with Crippen molar-refractivity contribution < 1.29 is 24.3 Å². The standard InChI is InChI=1S/C15H14N2O6/c1-22-13-6-3-9(7-14(13)23-2)16-12-8-10(17(20)21)4-5-11(12)15(18)19/h3-8,16H,1-2H3,(H,18,19). The molecule has 0 aliphatic carbocycles. The zero-order chi connectivity index (χ0) is 17.0. The fraction of sp³-hybridized carbons (Fsp3) is 0.133. The van der Waals surface area contributed by atoms with Crippen LogP contribution < -0.4 is 14.8 Å². The third-order valence-electron chi connectivity index (χ3n) is 3.11. The zero-order valence-electron chi connectivity index (χ0n) is 12.4. The summed E-state index contributed by atoms with van der Waals surface area (Å²) < 4.78 is 10.3. The van der Waals surface area contributed by atoms with Gasteiger partial charge < -0.3 is 19.9 Å². The number of nitrogens with zero attached hydrogens (tertiary/aromatic N) is 1. The highest BCUT2D eigenvalue weighted by Gasteiger charge is 2.16. The topological polar surface area (TPSA) is 111 Å². The summed E-state index contributed by atoms with van der Waals surface area (Å²) in [5.41, 5.74) is 0.327. The van der Waals surface area contributed by atoms with Crippen molar-refractivity contribution in [2.45, 2.75) is 0 Å². The average molecular weight is 318 g/mol. The molecule has 0 saturated heterocycles. The van der Waals surface area contributed by atoms with Crippen molar-refractivity contribution in [3.05, 3.63) is 52.1 Å². The number of nitro benzene ring substituents is 1. The van der Waals surface area contributed by atoms with Crippen molar-refractivity contribution >= 4 is 23.0 Å². The Morgan fingerprint density at radius 1 is 1.13 bits per heavy atom. The van der Waals surface area contributed by atoms with E-state index in [1.54, 1.807) is 18.2 Å². The Morgan fingerprint density at radius 2 is 1.83 bits per heavy atom. The average Bonchev–Trinajstić information content (AvgIpc) is 2.54. The van der Waals surface area contributed by atoms with Gasteiger partial charge >= 0.3 is 5.97 Å². The summed E-state index contributed by atoms with van der Waals surface area (Å²) in [5, 5.41) is 22.9. The van der Waals surface area contributed by atoms with Crippen molar-refractivity contribution in [2.24, 2.45) is 0 Å². The highest BCUT2D eigenvalue weighted by molar-refractivity contribution is 5.95. The van der Waals surface area contributed by atoms with Gasteiger partial charge in [0.1, 0.15) is 0 Å². The molecule has 120 valence electrons. The normalized spacial score (nSPS) is 10.0. The van der Waals surface area contributed by atoms with E-state index in [9.17, 15) is 20.0 Å². The van der Waals surface area contributed by atoms with Crippen LogP contribution in [0.1, 0.15) is 10.4 Å². The highest BCUT2D eigenvalue weighted by atomic mass is 16.6. The molecular formula is C15H14N2O6. The SMILES string of the molecule is COc1ccc(Nc2cc([N+](=O)[O-])ccc2C(=O)O)cc1OC. The molecule has 0 spiro atoms. The van der Waals surface area contributed by atoms with Crippen LogP contribution in [-0.4, -0.2) is 30.2 Å². The number of carbonyl (C=O) groups is 1. The van der Waals surface area contributed by atoms with Gasteiger partial charge in [0.2, 0.25) is 0 Å². The molecule has 0 saturated carbocycles. The summed E-state index contributed by atoms with van der Waals surface area (Å²) in [7, 11) is 2.96. The first-order valence-electron chi connectivity index (χ1n) is 6.47. The van der Waals surface area contributed by atoms with Crippen molar-refractivity contribution in [1.29, 1.82) is 0 Å². The number of benzene rings is 2. The lowest BCUT2D eigenvalue weighted by Crippen LogP contribution is -2.04. The number of nitrogens with one attached hydrogen (secondary N) is 1. The first-order valence-corrected chi connectivity index (χ1v) is 6.47. The van der Waals surface area contributed by atoms with Gasteiger partial charge in [-0.2, -0.15) is 0 Å². The molecular weight excluding hydrogens is 304 g/mol. The molecule has 2 aromatic carbocycles. The van der Waals surface area contributed by atoms with Crippen molar-refractivity contribution in [2.75, 3.05) is 19.5 Å². The second-order valence-corrected chi connectivity index (χ2v) is 4.49. The van der Waals surface area contributed by atoms with E-state index in [0.717, 1.165) is 6.07 Å². The Hall–Kier alpha value is -3.29. The Kier molecular flexibility index (Phi) is 4.65. The van der Waals surface area contributed by atoms with E-state index in [1.807, 2.05) is 0 Å². The van der Waals surface area contributed by atoms with Gasteiger partial charge in [-0.05, 0) is 18.2 Å². The van der Waals surface area contributed by atoms with Gasteiger partial charge in [0.15, 0.2) is 11.5 Å². The lowest BCUT2D eigenvalue weighted by molar-refractivity contribution is -0.384. The summed E-state index contributed by atoms with van der Waals surface area (Å²) in [4.78, 5) is 21.5. The summed E-state index contributed by atoms with van der Waals surface area (Å²) in [6.45, 7) is 0. The number of hydrogen-bond donors (Lipinski definition) is 2. The number of rotatable bonds is 6. The summed E-state index contributed by atoms with van der Waals surface area (Å²) in [6.07, 6.45) is 0. The first kappa shape index (κ1) is 16.1. The first-order chi connectivity index (χ1) is 11.0. The molecule has 0 aromatic heterocycles. The monoisotopic (exact) mass is 318 g/mol. The largest absolute Gasteiger partial charge is 0.493 e. The smallest absolute Gasteiger partial charge is 0.337 e. The minimum Gasteiger partial charge on any atom is -0.493 e. The molecule has 0 aliphatic rings. The number of nitro groups is 1. The Balaban J connectivity index is 2.44. The van der Waals surface area contributed by atoms with Crippen LogP contribution in [0.5, 0.6) is 11.5 Å². The molecule has 0 atom stereocenters. The molecule has 8 nitrogen and oxygen atoms in total. The van der Waals surface area contributed by atoms with Crippen molar-refractivity contribution in [3.8, 4) is 11.5 Å². The van der Waals surface area contributed by atoms with Crippen LogP contribution in [0.3, 0.4) is 0 Å². The highest BCUT2D eigenvalue weighted by Crippen LogP contribution is 2.32. The third kappa shape index (κ3) is 3.49. The number of non-ortho nitro benzene ring substituents is 1. The number of anilines is 2. The quantitative estimate of drug-likeness (QED) is 0.622. The van der Waals surface area contributed by atoms with Crippen molar-refractivity contribution in [1.82, 2.24) is 0 Å². The lowest BCUT2D eigenvalue weighted by atomic mass is 10.1. The van der Waals surface area contributed by atoms with E-state index >= 15 is 0 Å². The summed E-state index contributed by atoms with van der Waals surface area (Å²) in [6, 6.07) is 8.38. The molecule has 8 heteroatoms. The molecule has 2 N–H and O–H groups in total. The lowest BCUT2D eigenvalue weighted by Gasteiger charge is -2.12. The predicted octanol–water partition coefficient (Wildman–Crippen LogP) is 3.05. The maximum absolute atomic E-state index is 11.3. The van der Waals surface area contributed by atoms with E-state index in [-0.39, 0.29) is 16.9 Å². The molecule has 0 radical (unpaired) electrons. The van der Waals surface area contributed by atoms with Crippen LogP contribution in [0, 0.1) is 10.1 Å². The van der Waals surface area contributed by atoms with E-state index in [0.29, 0.717) is 17.2 Å². The van der Waals surface area contributed by atoms with Crippen LogP contribution in [0.25, 0.3) is 0 Å². The third-order valence-corrected chi connectivity index (χ3v) is 3.11. The molecule has 0 bridgehead atoms. The van der Waals surface area contributed by atoms with Gasteiger partial charge in [-0.3, -0.25) is 10.1 Å². The zero-order valence-corrected chi connectivity index (χ0v) is 12.4. The molecule has 0 unspecified atom stereocenters. The van der Waals surface area contributed by atoms with Gasteiger partial charge in [-0.1, -0.05) is 0 Å². The van der Waals surface area contributed by atoms with Crippen LogP contribution >= 0.6 is 0 Å². The Labute approximate surface area is 131 Å². The second kappa shape index (κ2) is 6.65. The number of aromatic carboxylic acids is 1. The van der Waals surface area contributed by atoms with Crippen LogP contribution in [0.15, 0.2) is 36.4 Å². The Bertz CT molecular complexity index is 760. The van der Waals surface area contributed by atoms with Gasteiger partial charge in [0.25, 0.3) is 5.69 Å². The van der Waals surface area contributed by atoms with E-state index < -0.39 is 10.9 Å². The van der Waals surface area contributed by atoms with E-state index in [4.69, 9.17) is 9.47 Å². The molecule has 0 amide bonds. The van der Waals surface area contributed by atoms with Crippen LogP contribution in [-0.2, 0) is 0 Å². The van der Waals surface area contributed by atoms with Gasteiger partial charge in [0.05, 0.1) is 30.4 Å². The number of ether oxygens (including phenoxy) is 2. The molecule has 0 fully saturated rings. The summed E-state index contributed by atoms with van der Waals surface area (Å²) >= 11 is 0. The fourth-order valence-corrected chi connectivity index (χ4v) is 2.01. The Morgan fingerprint density at radius 3 is 2.39 bits per heavy atom. The van der Waals surface area contributed by atoms with Gasteiger partial charge in [-0.15, -0.1) is 0 Å². The molecule has 2 aromatic rings. The van der Waals surface area contributed by atoms with Gasteiger partial charge in [0, 0.05) is 23.9 Å². The number of carboxylic acids is 1. The van der Waals surface area contributed by atoms with E-state index in [1.165, 1.54) is 26.4 Å². The summed E-state index contributed by atoms with van der Waals surface area (Å²) in [5.74, 6) is -0.238. The molecule has 2 rings (SSSR count). The van der Waals surface area contributed by atoms with Gasteiger partial charge in [-0.25, -0.2) is 4.79 Å². The molecule has 0 heterocycles. The van der Waals surface area contributed by atoms with E-state index in [2.05, 4.69) is 5.32 Å². The fourth-order valence-electron chi connectivity index (χ4n) is 2.01. The molecule has 23 heavy (non-hydrogen) atoms. The number of methoxy groups -OCH3 is 2. The van der Waals surface area contributed by atoms with Crippen LogP contribution in [0.4, 0.5) is 17.1 Å². The number of hydrogen-bond acceptors (Lipinski definition) is 6. The molecule has 0 aliphatic heterocycles. The maximum Gasteiger partial charge on any atom is 0.337 e. The minimum absolute atomic E-state index is 0.0783. The number of carboxylic acid groups (broad SMARTS) is 1. The predicted molar refractivity (Wildman–Crippen MR) is 82.9 cm³/mol. The van der Waals surface area contributed by atoms with Crippen molar-refractivity contribution in [3.63, 3.8) is 0 Å². The minimum atomic E-state index is -1.19. The van der Waals surface area contributed by atoms with Crippen LogP contribution in [0.2, 0.25) is 0 Å².